The molecule has 2 bridgehead atoms. The second kappa shape index (κ2) is 3.87. The maximum absolute atomic E-state index is 12.2. The summed E-state index contributed by atoms with van der Waals surface area (Å²) in [5, 5.41) is 0. The molecule has 1 aliphatic carbocycles. The number of carbonyl (C=O) groups is 1. The average Bonchev–Trinajstić information content (AvgIpc) is 2.12. The molecule has 3 aliphatic rings. The van der Waals surface area contributed by atoms with Gasteiger partial charge in [0.1, 0.15) is 5.60 Å². The first-order valence-electron chi connectivity index (χ1n) is 6.50. The van der Waals surface area contributed by atoms with Gasteiger partial charge in [0.15, 0.2) is 0 Å². The highest BCUT2D eigenvalue weighted by Gasteiger charge is 2.58. The number of nitrogens with zero attached hydrogens (tertiary/aromatic N) is 1. The third kappa shape index (κ3) is 2.15. The number of ether oxygens (including phenoxy) is 1. The van der Waals surface area contributed by atoms with Gasteiger partial charge in [0.2, 0.25) is 0 Å². The lowest BCUT2D eigenvalue weighted by atomic mass is 9.64. The largest absolute Gasteiger partial charge is 0.444 e. The van der Waals surface area contributed by atoms with Crippen molar-refractivity contribution in [2.24, 2.45) is 11.7 Å². The fraction of sp³-hybridized carbons (Fsp3) is 0.923. The number of carbonyl (C=O) groups excluding carboxylic acids is 1. The van der Waals surface area contributed by atoms with Crippen molar-refractivity contribution in [3.05, 3.63) is 0 Å². The molecule has 2 saturated heterocycles. The van der Waals surface area contributed by atoms with Crippen LogP contribution in [0.25, 0.3) is 0 Å². The van der Waals surface area contributed by atoms with Crippen molar-refractivity contribution in [3.8, 4) is 0 Å². The highest BCUT2D eigenvalue weighted by Crippen LogP contribution is 2.49. The highest BCUT2D eigenvalue weighted by molar-refractivity contribution is 5.71. The molecule has 3 rings (SSSR count). The Balaban J connectivity index is 2.09. The van der Waals surface area contributed by atoms with Crippen LogP contribution in [0.4, 0.5) is 4.79 Å². The van der Waals surface area contributed by atoms with Crippen LogP contribution < -0.4 is 5.73 Å². The van der Waals surface area contributed by atoms with Crippen LogP contribution in [0, 0.1) is 5.92 Å². The number of hydrogen-bond donors (Lipinski definition) is 1. The number of hydrogen-bond acceptors (Lipinski definition) is 3. The lowest BCUT2D eigenvalue weighted by molar-refractivity contribution is -0.118. The summed E-state index contributed by atoms with van der Waals surface area (Å²) in [6.45, 7) is 8.49. The van der Waals surface area contributed by atoms with Gasteiger partial charge in [0.05, 0.1) is 5.54 Å². The summed E-state index contributed by atoms with van der Waals surface area (Å²) in [6, 6.07) is 0.345. The minimum atomic E-state index is -0.428. The molecular formula is C13H24N2O2. The van der Waals surface area contributed by atoms with Gasteiger partial charge in [-0.3, -0.25) is 4.90 Å². The van der Waals surface area contributed by atoms with Crippen LogP contribution in [0.3, 0.4) is 0 Å². The molecule has 3 atom stereocenters. The molecule has 0 aromatic rings. The molecule has 98 valence electrons. The van der Waals surface area contributed by atoms with Gasteiger partial charge < -0.3 is 10.5 Å². The Kier molecular flexibility index (Phi) is 2.89. The lowest BCUT2D eigenvalue weighted by Gasteiger charge is -2.62. The molecular weight excluding hydrogens is 216 g/mol. The highest BCUT2D eigenvalue weighted by atomic mass is 16.6. The van der Waals surface area contributed by atoms with E-state index in [9.17, 15) is 4.79 Å². The molecule has 0 spiro atoms. The van der Waals surface area contributed by atoms with Gasteiger partial charge in [0.25, 0.3) is 0 Å². The average molecular weight is 240 g/mol. The van der Waals surface area contributed by atoms with Crippen molar-refractivity contribution in [3.63, 3.8) is 0 Å². The monoisotopic (exact) mass is 240 g/mol. The first-order valence-corrected chi connectivity index (χ1v) is 6.50. The van der Waals surface area contributed by atoms with E-state index >= 15 is 0 Å². The van der Waals surface area contributed by atoms with Crippen LogP contribution in [0.15, 0.2) is 0 Å². The van der Waals surface area contributed by atoms with Crippen molar-refractivity contribution in [1.29, 1.82) is 0 Å². The molecule has 4 nitrogen and oxygen atoms in total. The van der Waals surface area contributed by atoms with Crippen LogP contribution in [-0.2, 0) is 4.74 Å². The second-order valence-corrected chi connectivity index (χ2v) is 6.68. The zero-order valence-electron chi connectivity index (χ0n) is 11.3. The quantitative estimate of drug-likeness (QED) is 0.764. The number of rotatable bonds is 1. The van der Waals surface area contributed by atoms with E-state index in [1.807, 2.05) is 25.7 Å². The Morgan fingerprint density at radius 1 is 1.47 bits per heavy atom. The van der Waals surface area contributed by atoms with Crippen molar-refractivity contribution in [1.82, 2.24) is 4.90 Å². The van der Waals surface area contributed by atoms with Gasteiger partial charge in [-0.25, -0.2) is 4.79 Å². The number of amides is 1. The van der Waals surface area contributed by atoms with Crippen LogP contribution in [0.1, 0.15) is 47.0 Å². The van der Waals surface area contributed by atoms with E-state index in [1.165, 1.54) is 0 Å². The summed E-state index contributed by atoms with van der Waals surface area (Å²) in [4.78, 5) is 14.1. The van der Waals surface area contributed by atoms with E-state index in [2.05, 4.69) is 6.92 Å². The van der Waals surface area contributed by atoms with E-state index in [1.54, 1.807) is 0 Å². The predicted molar refractivity (Wildman–Crippen MR) is 66.7 cm³/mol. The lowest BCUT2D eigenvalue weighted by Crippen LogP contribution is -2.74. The van der Waals surface area contributed by atoms with E-state index in [0.717, 1.165) is 19.3 Å². The second-order valence-electron chi connectivity index (χ2n) is 6.68. The molecule has 17 heavy (non-hydrogen) atoms. The van der Waals surface area contributed by atoms with Crippen LogP contribution in [0.5, 0.6) is 0 Å². The summed E-state index contributed by atoms with van der Waals surface area (Å²) in [6.07, 6.45) is 2.96. The molecule has 0 radical (unpaired) electrons. The smallest absolute Gasteiger partial charge is 0.411 e. The zero-order valence-corrected chi connectivity index (χ0v) is 11.3. The molecule has 2 heterocycles. The van der Waals surface area contributed by atoms with Gasteiger partial charge in [0, 0.05) is 12.6 Å². The molecule has 1 amide bonds. The van der Waals surface area contributed by atoms with E-state index in [0.29, 0.717) is 18.5 Å². The van der Waals surface area contributed by atoms with Crippen LogP contribution in [-0.4, -0.2) is 34.7 Å². The molecule has 3 fully saturated rings. The van der Waals surface area contributed by atoms with Gasteiger partial charge in [-0.15, -0.1) is 0 Å². The fourth-order valence-corrected chi connectivity index (χ4v) is 3.39. The molecule has 3 unspecified atom stereocenters. The summed E-state index contributed by atoms with van der Waals surface area (Å²) in [7, 11) is 0. The van der Waals surface area contributed by atoms with Crippen LogP contribution >= 0.6 is 0 Å². The third-order valence-electron chi connectivity index (χ3n) is 3.86. The number of piperidine rings is 1. The SMILES string of the molecule is CC1CC2CC(CN)(C1)N2C(=O)OC(C)(C)C. The summed E-state index contributed by atoms with van der Waals surface area (Å²) in [5.74, 6) is 0.663. The molecule has 2 aliphatic heterocycles. The Bertz CT molecular complexity index is 324. The van der Waals surface area contributed by atoms with Crippen molar-refractivity contribution in [2.45, 2.75) is 64.1 Å². The van der Waals surface area contributed by atoms with Crippen molar-refractivity contribution >= 4 is 6.09 Å². The minimum absolute atomic E-state index is 0.120. The minimum Gasteiger partial charge on any atom is -0.444 e. The predicted octanol–water partition coefficient (Wildman–Crippen LogP) is 2.12. The third-order valence-corrected chi connectivity index (χ3v) is 3.86. The maximum atomic E-state index is 12.2. The van der Waals surface area contributed by atoms with Gasteiger partial charge in [-0.2, -0.15) is 0 Å². The van der Waals surface area contributed by atoms with Crippen LogP contribution in [0.2, 0.25) is 0 Å². The van der Waals surface area contributed by atoms with Gasteiger partial charge >= 0.3 is 6.09 Å². The Labute approximate surface area is 103 Å². The first kappa shape index (κ1) is 12.7. The number of nitrogens with two attached hydrogens (primary N) is 1. The fourth-order valence-electron chi connectivity index (χ4n) is 3.39. The van der Waals surface area contributed by atoms with Gasteiger partial charge in [-0.05, 0) is 46.0 Å². The zero-order chi connectivity index (χ0) is 12.8. The summed E-state index contributed by atoms with van der Waals surface area (Å²) >= 11 is 0. The van der Waals surface area contributed by atoms with E-state index in [4.69, 9.17) is 10.5 Å². The Morgan fingerprint density at radius 3 is 2.65 bits per heavy atom. The topological polar surface area (TPSA) is 55.6 Å². The number of fused-ring (bicyclic) bond motifs is 2. The Morgan fingerprint density at radius 2 is 2.12 bits per heavy atom. The standard InChI is InChI=1S/C13H24N2O2/c1-9-5-10-7-13(6-9,8-14)15(10)11(16)17-12(2,3)4/h9-10H,5-8,14H2,1-4H3. The first-order chi connectivity index (χ1) is 7.77. The summed E-state index contributed by atoms with van der Waals surface area (Å²) < 4.78 is 5.47. The summed E-state index contributed by atoms with van der Waals surface area (Å²) in [5.41, 5.74) is 5.33. The molecule has 4 heteroatoms. The Hall–Kier alpha value is -0.770. The van der Waals surface area contributed by atoms with Crippen molar-refractivity contribution < 1.29 is 9.53 Å². The normalized spacial score (nSPS) is 36.4. The molecule has 1 saturated carbocycles. The molecule has 0 aromatic carbocycles. The maximum Gasteiger partial charge on any atom is 0.411 e. The van der Waals surface area contributed by atoms with E-state index in [-0.39, 0.29) is 11.6 Å². The van der Waals surface area contributed by atoms with Gasteiger partial charge in [-0.1, -0.05) is 6.92 Å². The molecule has 0 aromatic heterocycles. The molecule has 2 N–H and O–H groups in total. The van der Waals surface area contributed by atoms with Crippen molar-refractivity contribution in [2.75, 3.05) is 6.54 Å². The van der Waals surface area contributed by atoms with E-state index < -0.39 is 5.60 Å².